The summed E-state index contributed by atoms with van der Waals surface area (Å²) in [6.45, 7) is 0.227. The van der Waals surface area contributed by atoms with Crippen LogP contribution in [-0.2, 0) is 6.61 Å². The van der Waals surface area contributed by atoms with Crippen molar-refractivity contribution in [2.45, 2.75) is 6.61 Å². The van der Waals surface area contributed by atoms with Crippen LogP contribution in [0.4, 0.5) is 4.39 Å². The van der Waals surface area contributed by atoms with Gasteiger partial charge < -0.3 is 9.47 Å². The van der Waals surface area contributed by atoms with Gasteiger partial charge in [0.05, 0.1) is 33.4 Å². The summed E-state index contributed by atoms with van der Waals surface area (Å²) >= 11 is 19.0. The van der Waals surface area contributed by atoms with Crippen LogP contribution in [0.2, 0.25) is 10.0 Å². The van der Waals surface area contributed by atoms with Crippen LogP contribution in [0.15, 0.2) is 62.6 Å². The molecule has 0 bridgehead atoms. The number of carbonyl (C=O) groups is 1. The Morgan fingerprint density at radius 1 is 1.12 bits per heavy atom. The van der Waals surface area contributed by atoms with Gasteiger partial charge in [0.1, 0.15) is 12.4 Å². The molecule has 10 heteroatoms. The van der Waals surface area contributed by atoms with E-state index in [1.807, 2.05) is 6.07 Å². The lowest BCUT2D eigenvalue weighted by Gasteiger charge is -2.15. The summed E-state index contributed by atoms with van der Waals surface area (Å²) in [5.41, 5.74) is 3.61. The smallest absolute Gasteiger partial charge is 0.274 e. The maximum atomic E-state index is 13.7. The van der Waals surface area contributed by atoms with E-state index < -0.39 is 11.7 Å². The Labute approximate surface area is 210 Å². The first-order chi connectivity index (χ1) is 15.3. The molecule has 0 spiro atoms. The molecule has 3 rings (SSSR count). The highest BCUT2D eigenvalue weighted by molar-refractivity contribution is 9.13. The van der Waals surface area contributed by atoms with Gasteiger partial charge >= 0.3 is 0 Å². The largest absolute Gasteiger partial charge is 0.493 e. The lowest BCUT2D eigenvalue weighted by Crippen LogP contribution is -2.19. The number of methoxy groups -OCH3 is 1. The molecule has 0 radical (unpaired) electrons. The summed E-state index contributed by atoms with van der Waals surface area (Å²) < 4.78 is 26.3. The summed E-state index contributed by atoms with van der Waals surface area (Å²) in [5.74, 6) is -0.405. The highest BCUT2D eigenvalue weighted by Crippen LogP contribution is 2.42. The van der Waals surface area contributed by atoms with Crippen LogP contribution >= 0.6 is 55.1 Å². The summed E-state index contributed by atoms with van der Waals surface area (Å²) in [7, 11) is 1.50. The first-order valence-electron chi connectivity index (χ1n) is 9.02. The van der Waals surface area contributed by atoms with Gasteiger partial charge in [-0.2, -0.15) is 5.10 Å². The highest BCUT2D eigenvalue weighted by Gasteiger charge is 2.17. The molecule has 166 valence electrons. The van der Waals surface area contributed by atoms with Gasteiger partial charge in [0.25, 0.3) is 5.91 Å². The monoisotopic (exact) mass is 602 g/mol. The van der Waals surface area contributed by atoms with Gasteiger partial charge in [0.2, 0.25) is 0 Å². The molecule has 0 aliphatic carbocycles. The van der Waals surface area contributed by atoms with E-state index in [1.54, 1.807) is 24.3 Å². The topological polar surface area (TPSA) is 59.9 Å². The third-order valence-electron chi connectivity index (χ3n) is 4.23. The maximum absolute atomic E-state index is 13.7. The molecule has 0 saturated carbocycles. The van der Waals surface area contributed by atoms with Crippen molar-refractivity contribution in [3.8, 4) is 11.5 Å². The second kappa shape index (κ2) is 11.1. The molecular weight excluding hydrogens is 590 g/mol. The van der Waals surface area contributed by atoms with Crippen molar-refractivity contribution >= 4 is 67.2 Å². The molecule has 1 amide bonds. The molecular formula is C22H15Br2Cl2FN2O3. The number of hydrogen-bond acceptors (Lipinski definition) is 4. The fourth-order valence-corrected chi connectivity index (χ4v) is 3.89. The van der Waals surface area contributed by atoms with E-state index in [9.17, 15) is 9.18 Å². The predicted octanol–water partition coefficient (Wildman–Crippen LogP) is 7.01. The lowest BCUT2D eigenvalue weighted by molar-refractivity contribution is 0.0951. The molecule has 0 aliphatic rings. The number of rotatable bonds is 7. The predicted molar refractivity (Wildman–Crippen MR) is 131 cm³/mol. The fraction of sp³-hybridized carbons (Fsp3) is 0.0909. The molecule has 0 aromatic heterocycles. The molecule has 0 atom stereocenters. The quantitative estimate of drug-likeness (QED) is 0.233. The van der Waals surface area contributed by atoms with Gasteiger partial charge in [-0.25, -0.2) is 9.82 Å². The van der Waals surface area contributed by atoms with Gasteiger partial charge in [-0.05, 0) is 67.8 Å². The zero-order chi connectivity index (χ0) is 23.3. The van der Waals surface area contributed by atoms with E-state index in [-0.39, 0.29) is 12.2 Å². The van der Waals surface area contributed by atoms with Gasteiger partial charge in [-0.1, -0.05) is 41.4 Å². The Morgan fingerprint density at radius 3 is 2.56 bits per heavy atom. The Kier molecular flexibility index (Phi) is 8.53. The van der Waals surface area contributed by atoms with E-state index in [0.717, 1.165) is 5.56 Å². The molecule has 1 N–H and O–H groups in total. The summed E-state index contributed by atoms with van der Waals surface area (Å²) in [6, 6.07) is 12.5. The minimum atomic E-state index is -0.664. The second-order valence-electron chi connectivity index (χ2n) is 6.34. The van der Waals surface area contributed by atoms with Crippen LogP contribution in [0.5, 0.6) is 11.5 Å². The van der Waals surface area contributed by atoms with Crippen molar-refractivity contribution in [1.29, 1.82) is 0 Å². The molecule has 3 aromatic rings. The number of carbonyl (C=O) groups excluding carboxylic acids is 1. The van der Waals surface area contributed by atoms with Crippen LogP contribution < -0.4 is 14.9 Å². The Balaban J connectivity index is 1.77. The highest BCUT2D eigenvalue weighted by atomic mass is 79.9. The van der Waals surface area contributed by atoms with E-state index in [2.05, 4.69) is 42.4 Å². The minimum Gasteiger partial charge on any atom is -0.493 e. The van der Waals surface area contributed by atoms with Gasteiger partial charge in [-0.3, -0.25) is 4.79 Å². The number of hydrogen-bond donors (Lipinski definition) is 1. The molecule has 0 aliphatic heterocycles. The first-order valence-corrected chi connectivity index (χ1v) is 11.4. The Bertz CT molecular complexity index is 1190. The number of halogens is 5. The number of nitrogens with one attached hydrogen (secondary N) is 1. The van der Waals surface area contributed by atoms with Crippen molar-refractivity contribution in [2.75, 3.05) is 7.11 Å². The summed E-state index contributed by atoms with van der Waals surface area (Å²) in [5, 5.41) is 4.81. The number of hydrazone groups is 1. The molecule has 0 fully saturated rings. The zero-order valence-electron chi connectivity index (χ0n) is 16.5. The molecule has 0 saturated heterocycles. The van der Waals surface area contributed by atoms with E-state index >= 15 is 0 Å². The average molecular weight is 605 g/mol. The van der Waals surface area contributed by atoms with E-state index in [0.29, 0.717) is 36.1 Å². The normalized spacial score (nSPS) is 10.9. The molecule has 0 unspecified atom stereocenters. The van der Waals surface area contributed by atoms with Crippen LogP contribution in [0.1, 0.15) is 21.5 Å². The van der Waals surface area contributed by atoms with Crippen molar-refractivity contribution in [2.24, 2.45) is 5.10 Å². The lowest BCUT2D eigenvalue weighted by atomic mass is 10.2. The van der Waals surface area contributed by atoms with Crippen LogP contribution in [0.3, 0.4) is 0 Å². The molecule has 0 heterocycles. The molecule has 32 heavy (non-hydrogen) atoms. The SMILES string of the molecule is COc1cc(/C=N\NC(=O)c2ccccc2F)c(Br)c(Br)c1OCc1ccc(Cl)c(Cl)c1. The van der Waals surface area contributed by atoms with E-state index in [1.165, 1.54) is 31.5 Å². The van der Waals surface area contributed by atoms with Crippen LogP contribution in [0.25, 0.3) is 0 Å². The molecule has 5 nitrogen and oxygen atoms in total. The third-order valence-corrected chi connectivity index (χ3v) is 7.11. The Morgan fingerprint density at radius 2 is 1.88 bits per heavy atom. The number of benzene rings is 3. The standard InChI is InChI=1S/C22H15Br2Cl2FN2O3/c1-31-18-9-13(10-28-29-22(30)14-4-2-3-5-17(14)27)19(23)20(24)21(18)32-11-12-6-7-15(25)16(26)8-12/h2-10H,11H2,1H3,(H,29,30)/b28-10-. The maximum Gasteiger partial charge on any atom is 0.274 e. The fourth-order valence-electron chi connectivity index (χ4n) is 2.64. The first kappa shape index (κ1) is 24.5. The van der Waals surface area contributed by atoms with Crippen molar-refractivity contribution in [1.82, 2.24) is 5.43 Å². The van der Waals surface area contributed by atoms with Gasteiger partial charge in [0.15, 0.2) is 11.5 Å². The number of amides is 1. The summed E-state index contributed by atoms with van der Waals surface area (Å²) in [6.07, 6.45) is 1.40. The second-order valence-corrected chi connectivity index (χ2v) is 8.74. The average Bonchev–Trinajstić information content (AvgIpc) is 2.78. The van der Waals surface area contributed by atoms with E-state index in [4.69, 9.17) is 32.7 Å². The Hall–Kier alpha value is -2.13. The number of ether oxygens (including phenoxy) is 2. The number of nitrogens with zero attached hydrogens (tertiary/aromatic N) is 1. The van der Waals surface area contributed by atoms with Crippen molar-refractivity contribution in [3.63, 3.8) is 0 Å². The van der Waals surface area contributed by atoms with Crippen molar-refractivity contribution < 1.29 is 18.7 Å². The third kappa shape index (κ3) is 5.81. The summed E-state index contributed by atoms with van der Waals surface area (Å²) in [4.78, 5) is 12.1. The minimum absolute atomic E-state index is 0.103. The van der Waals surface area contributed by atoms with Crippen LogP contribution in [-0.4, -0.2) is 19.2 Å². The molecule has 3 aromatic carbocycles. The van der Waals surface area contributed by atoms with Crippen molar-refractivity contribution in [3.05, 3.63) is 90.0 Å². The van der Waals surface area contributed by atoms with Gasteiger partial charge in [-0.15, -0.1) is 0 Å². The van der Waals surface area contributed by atoms with Crippen LogP contribution in [0, 0.1) is 5.82 Å². The van der Waals surface area contributed by atoms with Gasteiger partial charge in [0, 0.05) is 10.0 Å². The zero-order valence-corrected chi connectivity index (χ0v) is 21.1.